The molecule has 5 heteroatoms. The van der Waals surface area contributed by atoms with Crippen molar-refractivity contribution < 1.29 is 9.53 Å². The maximum atomic E-state index is 11.2. The Morgan fingerprint density at radius 1 is 1.47 bits per heavy atom. The third-order valence-corrected chi connectivity index (χ3v) is 2.93. The summed E-state index contributed by atoms with van der Waals surface area (Å²) in [5.74, 6) is 0.0957. The molecule has 0 aliphatic carbocycles. The molecule has 0 bridgehead atoms. The highest BCUT2D eigenvalue weighted by molar-refractivity contribution is 5.75. The third-order valence-electron chi connectivity index (χ3n) is 2.93. The quantitative estimate of drug-likeness (QED) is 0.609. The van der Waals surface area contributed by atoms with Gasteiger partial charge in [-0.05, 0) is 6.54 Å². The van der Waals surface area contributed by atoms with Crippen LogP contribution in [0.4, 0.5) is 0 Å². The van der Waals surface area contributed by atoms with Crippen molar-refractivity contribution in [1.29, 1.82) is 0 Å². The lowest BCUT2D eigenvalue weighted by atomic mass is 10.2. The minimum Gasteiger partial charge on any atom is -0.374 e. The van der Waals surface area contributed by atoms with E-state index < -0.39 is 0 Å². The smallest absolute Gasteiger partial charge is 0.219 e. The Hall–Kier alpha value is -0.650. The highest BCUT2D eigenvalue weighted by Crippen LogP contribution is 2.03. The molecule has 2 N–H and O–H groups in total. The Morgan fingerprint density at radius 3 is 3.00 bits per heavy atom. The summed E-state index contributed by atoms with van der Waals surface area (Å²) in [6.07, 6.45) is 0.678. The Kier molecular flexibility index (Phi) is 7.16. The largest absolute Gasteiger partial charge is 0.374 e. The zero-order valence-corrected chi connectivity index (χ0v) is 11.0. The van der Waals surface area contributed by atoms with E-state index in [4.69, 9.17) is 4.74 Å². The second-order valence-corrected chi connectivity index (χ2v) is 4.30. The van der Waals surface area contributed by atoms with Crippen molar-refractivity contribution in [2.45, 2.75) is 26.4 Å². The predicted molar refractivity (Wildman–Crippen MR) is 68.0 cm³/mol. The molecule has 0 aromatic rings. The molecule has 1 aliphatic heterocycles. The summed E-state index contributed by atoms with van der Waals surface area (Å²) in [4.78, 5) is 13.5. The van der Waals surface area contributed by atoms with Crippen LogP contribution < -0.4 is 10.6 Å². The van der Waals surface area contributed by atoms with Crippen molar-refractivity contribution in [3.63, 3.8) is 0 Å². The van der Waals surface area contributed by atoms with Gasteiger partial charge in [0.1, 0.15) is 0 Å². The number of amides is 1. The first kappa shape index (κ1) is 14.4. The molecule has 0 radical (unpaired) electrons. The number of morpholine rings is 1. The van der Waals surface area contributed by atoms with E-state index in [1.165, 1.54) is 0 Å². The minimum atomic E-state index is 0.0957. The lowest BCUT2D eigenvalue weighted by Crippen LogP contribution is -2.49. The summed E-state index contributed by atoms with van der Waals surface area (Å²) in [7, 11) is 0. The van der Waals surface area contributed by atoms with Crippen LogP contribution in [0.3, 0.4) is 0 Å². The molecule has 0 saturated carbocycles. The summed E-state index contributed by atoms with van der Waals surface area (Å²) in [6.45, 7) is 10.4. The van der Waals surface area contributed by atoms with Gasteiger partial charge in [0.25, 0.3) is 0 Å². The lowest BCUT2D eigenvalue weighted by Gasteiger charge is -2.33. The molecule has 0 spiro atoms. The topological polar surface area (TPSA) is 53.6 Å². The molecule has 0 aromatic heterocycles. The third kappa shape index (κ3) is 6.00. The molecule has 17 heavy (non-hydrogen) atoms. The van der Waals surface area contributed by atoms with Crippen LogP contribution >= 0.6 is 0 Å². The summed E-state index contributed by atoms with van der Waals surface area (Å²) >= 11 is 0. The van der Waals surface area contributed by atoms with Crippen molar-refractivity contribution in [3.8, 4) is 0 Å². The Bertz CT molecular complexity index is 224. The SMILES string of the molecule is CCNCCN1CCO[C@H](CNC(=O)CC)C1. The van der Waals surface area contributed by atoms with E-state index in [9.17, 15) is 4.79 Å². The molecule has 0 unspecified atom stereocenters. The number of hydrogen-bond donors (Lipinski definition) is 2. The first-order valence-electron chi connectivity index (χ1n) is 6.57. The van der Waals surface area contributed by atoms with Crippen molar-refractivity contribution in [2.24, 2.45) is 0 Å². The molecular weight excluding hydrogens is 218 g/mol. The van der Waals surface area contributed by atoms with E-state index in [0.717, 1.165) is 39.3 Å². The first-order valence-corrected chi connectivity index (χ1v) is 6.57. The van der Waals surface area contributed by atoms with Gasteiger partial charge in [-0.15, -0.1) is 0 Å². The van der Waals surface area contributed by atoms with Crippen LogP contribution in [0.2, 0.25) is 0 Å². The van der Waals surface area contributed by atoms with E-state index in [-0.39, 0.29) is 12.0 Å². The first-order chi connectivity index (χ1) is 8.26. The number of ether oxygens (including phenoxy) is 1. The number of rotatable bonds is 7. The van der Waals surface area contributed by atoms with Crippen molar-refractivity contribution in [3.05, 3.63) is 0 Å². The van der Waals surface area contributed by atoms with Crippen LogP contribution in [-0.2, 0) is 9.53 Å². The minimum absolute atomic E-state index is 0.0957. The van der Waals surface area contributed by atoms with Crippen LogP contribution in [0.15, 0.2) is 0 Å². The van der Waals surface area contributed by atoms with E-state index in [0.29, 0.717) is 13.0 Å². The normalized spacial score (nSPS) is 21.4. The van der Waals surface area contributed by atoms with Gasteiger partial charge >= 0.3 is 0 Å². The second-order valence-electron chi connectivity index (χ2n) is 4.30. The predicted octanol–water partition coefficient (Wildman–Crippen LogP) is -0.177. The number of carbonyl (C=O) groups excluding carboxylic acids is 1. The molecule has 1 fully saturated rings. The highest BCUT2D eigenvalue weighted by Gasteiger charge is 2.20. The van der Waals surface area contributed by atoms with Gasteiger partial charge in [0.05, 0.1) is 12.7 Å². The van der Waals surface area contributed by atoms with Crippen LogP contribution in [-0.4, -0.2) is 62.8 Å². The summed E-state index contributed by atoms with van der Waals surface area (Å²) < 4.78 is 5.63. The number of hydrogen-bond acceptors (Lipinski definition) is 4. The van der Waals surface area contributed by atoms with Crippen molar-refractivity contribution in [2.75, 3.05) is 45.9 Å². The van der Waals surface area contributed by atoms with Gasteiger partial charge in [0.2, 0.25) is 5.91 Å². The fraction of sp³-hybridized carbons (Fsp3) is 0.917. The van der Waals surface area contributed by atoms with E-state index in [1.54, 1.807) is 0 Å². The van der Waals surface area contributed by atoms with Gasteiger partial charge in [-0.2, -0.15) is 0 Å². The van der Waals surface area contributed by atoms with Gasteiger partial charge in [-0.1, -0.05) is 13.8 Å². The maximum Gasteiger partial charge on any atom is 0.219 e. The molecule has 1 aliphatic rings. The van der Waals surface area contributed by atoms with Crippen LogP contribution in [0.1, 0.15) is 20.3 Å². The van der Waals surface area contributed by atoms with Crippen LogP contribution in [0, 0.1) is 0 Å². The van der Waals surface area contributed by atoms with Gasteiger partial charge in [-0.25, -0.2) is 0 Å². The summed E-state index contributed by atoms with van der Waals surface area (Å²) in [6, 6.07) is 0. The zero-order valence-electron chi connectivity index (χ0n) is 11.0. The van der Waals surface area contributed by atoms with Gasteiger partial charge in [0, 0.05) is 39.1 Å². The fourth-order valence-electron chi connectivity index (χ4n) is 1.87. The van der Waals surface area contributed by atoms with Gasteiger partial charge in [-0.3, -0.25) is 9.69 Å². The highest BCUT2D eigenvalue weighted by atomic mass is 16.5. The molecule has 1 atom stereocenters. The number of nitrogens with one attached hydrogen (secondary N) is 2. The molecule has 1 heterocycles. The van der Waals surface area contributed by atoms with E-state index in [2.05, 4.69) is 22.5 Å². The molecule has 1 amide bonds. The number of nitrogens with zero attached hydrogens (tertiary/aromatic N) is 1. The monoisotopic (exact) mass is 243 g/mol. The second kappa shape index (κ2) is 8.44. The molecular formula is C12H25N3O2. The van der Waals surface area contributed by atoms with Crippen molar-refractivity contribution in [1.82, 2.24) is 15.5 Å². The van der Waals surface area contributed by atoms with Crippen LogP contribution in [0.25, 0.3) is 0 Å². The Balaban J connectivity index is 2.16. The molecule has 0 aromatic carbocycles. The lowest BCUT2D eigenvalue weighted by molar-refractivity contribution is -0.122. The van der Waals surface area contributed by atoms with Crippen molar-refractivity contribution >= 4 is 5.91 Å². The van der Waals surface area contributed by atoms with E-state index >= 15 is 0 Å². The van der Waals surface area contributed by atoms with E-state index in [1.807, 2.05) is 6.92 Å². The number of carbonyl (C=O) groups is 1. The van der Waals surface area contributed by atoms with Gasteiger partial charge in [0.15, 0.2) is 0 Å². The molecule has 1 saturated heterocycles. The maximum absolute atomic E-state index is 11.2. The molecule has 5 nitrogen and oxygen atoms in total. The number of likely N-dealkylation sites (N-methyl/N-ethyl adjacent to an activating group) is 1. The molecule has 1 rings (SSSR count). The van der Waals surface area contributed by atoms with Gasteiger partial charge < -0.3 is 15.4 Å². The Labute approximate surface area is 104 Å². The summed E-state index contributed by atoms with van der Waals surface area (Å²) in [5, 5.41) is 6.20. The van der Waals surface area contributed by atoms with Crippen LogP contribution in [0.5, 0.6) is 0 Å². The standard InChI is InChI=1S/C12H25N3O2/c1-3-12(16)14-9-11-10-15(7-8-17-11)6-5-13-4-2/h11,13H,3-10H2,1-2H3,(H,14,16)/t11-/m1/s1. The molecule has 100 valence electrons. The average Bonchev–Trinajstić information content (AvgIpc) is 2.37. The Morgan fingerprint density at radius 2 is 2.29 bits per heavy atom. The summed E-state index contributed by atoms with van der Waals surface area (Å²) in [5.41, 5.74) is 0. The average molecular weight is 243 g/mol. The fourth-order valence-corrected chi connectivity index (χ4v) is 1.87. The zero-order chi connectivity index (χ0) is 12.5.